The molecule has 2 aromatic heterocycles. The van der Waals surface area contributed by atoms with Gasteiger partial charge in [0.1, 0.15) is 16.7 Å². The van der Waals surface area contributed by atoms with Crippen LogP contribution >= 0.6 is 0 Å². The summed E-state index contributed by atoms with van der Waals surface area (Å²) in [5.74, 6) is 0.624. The van der Waals surface area contributed by atoms with Crippen molar-refractivity contribution in [2.45, 2.75) is 0 Å². The summed E-state index contributed by atoms with van der Waals surface area (Å²) in [5, 5.41) is 6.68. The minimum absolute atomic E-state index is 0.624. The summed E-state index contributed by atoms with van der Waals surface area (Å²) in [6.45, 7) is 0. The average molecular weight is 705 g/mol. The molecule has 0 amide bonds. The molecule has 55 heavy (non-hydrogen) atoms. The first kappa shape index (κ1) is 31.1. The highest BCUT2D eigenvalue weighted by Crippen LogP contribution is 2.42. The highest BCUT2D eigenvalue weighted by Gasteiger charge is 2.18. The Bertz CT molecular complexity index is 3180. The zero-order valence-corrected chi connectivity index (χ0v) is 29.7. The third-order valence-electron chi connectivity index (χ3n) is 10.7. The molecule has 0 saturated heterocycles. The number of anilines is 3. The molecule has 11 rings (SSSR count). The van der Waals surface area contributed by atoms with Crippen molar-refractivity contribution in [3.8, 4) is 33.7 Å². The molecule has 11 aromatic rings. The van der Waals surface area contributed by atoms with E-state index >= 15 is 0 Å². The van der Waals surface area contributed by atoms with E-state index in [1.54, 1.807) is 0 Å². The third-order valence-corrected chi connectivity index (χ3v) is 10.7. The van der Waals surface area contributed by atoms with Gasteiger partial charge in [-0.3, -0.25) is 0 Å². The first-order chi connectivity index (χ1) is 27.2. The van der Waals surface area contributed by atoms with E-state index in [0.29, 0.717) is 5.89 Å². The summed E-state index contributed by atoms with van der Waals surface area (Å²) in [6.07, 6.45) is 0. The fourth-order valence-corrected chi connectivity index (χ4v) is 8.04. The Morgan fingerprint density at radius 1 is 0.382 bits per heavy atom. The van der Waals surface area contributed by atoms with Gasteiger partial charge in [0.25, 0.3) is 0 Å². The van der Waals surface area contributed by atoms with Crippen molar-refractivity contribution in [1.82, 2.24) is 4.98 Å². The Labute approximate surface area is 317 Å². The molecule has 2 heterocycles. The maximum absolute atomic E-state index is 6.54. The lowest BCUT2D eigenvalue weighted by atomic mass is 9.97. The Morgan fingerprint density at radius 3 is 1.84 bits per heavy atom. The topological polar surface area (TPSA) is 42.4 Å². The molecule has 0 radical (unpaired) electrons. The van der Waals surface area contributed by atoms with Crippen LogP contribution < -0.4 is 4.90 Å². The Balaban J connectivity index is 1.03. The molecule has 0 saturated carbocycles. The van der Waals surface area contributed by atoms with Crippen LogP contribution in [0.25, 0.3) is 88.3 Å². The summed E-state index contributed by atoms with van der Waals surface area (Å²) in [5.41, 5.74) is 12.2. The summed E-state index contributed by atoms with van der Waals surface area (Å²) in [6, 6.07) is 68.1. The lowest BCUT2D eigenvalue weighted by Gasteiger charge is -2.26. The van der Waals surface area contributed by atoms with Gasteiger partial charge < -0.3 is 13.7 Å². The van der Waals surface area contributed by atoms with Crippen LogP contribution in [0.4, 0.5) is 17.1 Å². The number of hydrogen-bond donors (Lipinski definition) is 0. The van der Waals surface area contributed by atoms with E-state index in [-0.39, 0.29) is 0 Å². The number of fused-ring (bicyclic) bond motifs is 8. The van der Waals surface area contributed by atoms with Crippen molar-refractivity contribution in [2.24, 2.45) is 0 Å². The van der Waals surface area contributed by atoms with E-state index in [1.165, 1.54) is 11.1 Å². The van der Waals surface area contributed by atoms with E-state index in [2.05, 4.69) is 169 Å². The Morgan fingerprint density at radius 2 is 1.04 bits per heavy atom. The maximum Gasteiger partial charge on any atom is 0.227 e. The highest BCUT2D eigenvalue weighted by molar-refractivity contribution is 6.19. The molecule has 0 fully saturated rings. The molecule has 9 aromatic carbocycles. The first-order valence-corrected chi connectivity index (χ1v) is 18.5. The zero-order valence-electron chi connectivity index (χ0n) is 29.7. The van der Waals surface area contributed by atoms with Gasteiger partial charge in [-0.15, -0.1) is 0 Å². The predicted molar refractivity (Wildman–Crippen MR) is 227 cm³/mol. The van der Waals surface area contributed by atoms with Gasteiger partial charge in [-0.25, -0.2) is 4.98 Å². The van der Waals surface area contributed by atoms with Crippen LogP contribution in [0, 0.1) is 0 Å². The molecule has 4 nitrogen and oxygen atoms in total. The second-order valence-corrected chi connectivity index (χ2v) is 13.9. The number of nitrogens with zero attached hydrogens (tertiary/aromatic N) is 2. The summed E-state index contributed by atoms with van der Waals surface area (Å²) in [7, 11) is 0. The molecule has 0 atom stereocenters. The molecule has 0 aliphatic heterocycles. The van der Waals surface area contributed by atoms with Crippen molar-refractivity contribution in [3.05, 3.63) is 194 Å². The molecular formula is C51H32N2O2. The molecule has 258 valence electrons. The minimum Gasteiger partial charge on any atom is -0.456 e. The second-order valence-electron chi connectivity index (χ2n) is 13.9. The predicted octanol–water partition coefficient (Wildman–Crippen LogP) is 14.5. The molecule has 0 unspecified atom stereocenters. The highest BCUT2D eigenvalue weighted by atomic mass is 16.3. The molecular weight excluding hydrogens is 673 g/mol. The van der Waals surface area contributed by atoms with Crippen LogP contribution in [0.3, 0.4) is 0 Å². The van der Waals surface area contributed by atoms with Crippen LogP contribution in [0.1, 0.15) is 0 Å². The quantitative estimate of drug-likeness (QED) is 0.162. The van der Waals surface area contributed by atoms with Gasteiger partial charge in [0.05, 0.1) is 0 Å². The normalized spacial score (nSPS) is 11.6. The van der Waals surface area contributed by atoms with Crippen LogP contribution in [0.15, 0.2) is 203 Å². The summed E-state index contributed by atoms with van der Waals surface area (Å²) < 4.78 is 12.9. The lowest BCUT2D eigenvalue weighted by molar-refractivity contribution is 0.623. The number of para-hydroxylation sites is 1. The van der Waals surface area contributed by atoms with Crippen LogP contribution in [-0.4, -0.2) is 4.98 Å². The van der Waals surface area contributed by atoms with Crippen molar-refractivity contribution < 1.29 is 8.83 Å². The zero-order chi connectivity index (χ0) is 36.3. The fraction of sp³-hybridized carbons (Fsp3) is 0. The van der Waals surface area contributed by atoms with E-state index < -0.39 is 0 Å². The summed E-state index contributed by atoms with van der Waals surface area (Å²) in [4.78, 5) is 7.21. The lowest BCUT2D eigenvalue weighted by Crippen LogP contribution is -2.09. The molecule has 0 aliphatic carbocycles. The number of benzene rings is 9. The number of furan rings is 1. The van der Waals surface area contributed by atoms with Gasteiger partial charge in [0.15, 0.2) is 5.58 Å². The molecule has 0 N–H and O–H groups in total. The monoisotopic (exact) mass is 704 g/mol. The van der Waals surface area contributed by atoms with Crippen molar-refractivity contribution in [2.75, 3.05) is 4.90 Å². The van der Waals surface area contributed by atoms with Crippen molar-refractivity contribution in [1.29, 1.82) is 0 Å². The second kappa shape index (κ2) is 12.6. The van der Waals surface area contributed by atoms with Crippen LogP contribution in [0.2, 0.25) is 0 Å². The van der Waals surface area contributed by atoms with Crippen LogP contribution in [-0.2, 0) is 0 Å². The van der Waals surface area contributed by atoms with Gasteiger partial charge in [-0.1, -0.05) is 121 Å². The third kappa shape index (κ3) is 5.26. The van der Waals surface area contributed by atoms with E-state index in [9.17, 15) is 0 Å². The van der Waals surface area contributed by atoms with Gasteiger partial charge in [-0.05, 0) is 111 Å². The van der Waals surface area contributed by atoms with Crippen molar-refractivity contribution in [3.63, 3.8) is 0 Å². The Hall–Kier alpha value is -7.43. The fourth-order valence-electron chi connectivity index (χ4n) is 8.04. The first-order valence-electron chi connectivity index (χ1n) is 18.5. The standard InChI is InChI=1S/C51H32N2O2/c1-4-11-34(12-5-1)42-17-10-18-47-49(42)44-31-38(25-30-46(44)54-47)33-21-26-40(27-22-33)53(39-15-8-3-9-16-39)41-28-23-35-19-20-36-24-29-45-50(48(36)43(35)32-41)55-51(52-45)37-13-6-2-7-14-37/h1-32H. The Kier molecular flexibility index (Phi) is 7.14. The molecule has 0 bridgehead atoms. The van der Waals surface area contributed by atoms with E-state index in [1.807, 2.05) is 30.3 Å². The molecule has 0 aliphatic rings. The average Bonchev–Trinajstić information content (AvgIpc) is 3.87. The number of rotatable bonds is 6. The van der Waals surface area contributed by atoms with Gasteiger partial charge in [0.2, 0.25) is 5.89 Å². The number of oxazole rings is 1. The van der Waals surface area contributed by atoms with Gasteiger partial charge in [-0.2, -0.15) is 0 Å². The van der Waals surface area contributed by atoms with Crippen molar-refractivity contribution >= 4 is 71.6 Å². The van der Waals surface area contributed by atoms with Crippen LogP contribution in [0.5, 0.6) is 0 Å². The number of aromatic nitrogens is 1. The smallest absolute Gasteiger partial charge is 0.227 e. The molecule has 4 heteroatoms. The summed E-state index contributed by atoms with van der Waals surface area (Å²) >= 11 is 0. The van der Waals surface area contributed by atoms with E-state index in [0.717, 1.165) is 88.3 Å². The number of hydrogen-bond acceptors (Lipinski definition) is 4. The molecule has 0 spiro atoms. The maximum atomic E-state index is 6.54. The van der Waals surface area contributed by atoms with Gasteiger partial charge >= 0.3 is 0 Å². The van der Waals surface area contributed by atoms with E-state index in [4.69, 9.17) is 13.8 Å². The SMILES string of the molecule is c1ccc(-c2nc3ccc4ccc5ccc(N(c6ccccc6)c6ccc(-c7ccc8oc9cccc(-c%10ccccc%10)c9c8c7)cc6)cc5c4c3o2)cc1. The minimum atomic E-state index is 0.624. The van der Waals surface area contributed by atoms with Gasteiger partial charge in [0, 0.05) is 38.8 Å². The largest absolute Gasteiger partial charge is 0.456 e.